The zero-order chi connectivity index (χ0) is 17.8. The molecule has 0 N–H and O–H groups in total. The molecule has 0 aliphatic carbocycles. The lowest BCUT2D eigenvalue weighted by Gasteiger charge is -2.33. The lowest BCUT2D eigenvalue weighted by molar-refractivity contribution is 0.0570. The van der Waals surface area contributed by atoms with Crippen LogP contribution in [0.15, 0.2) is 36.5 Å². The third-order valence-electron chi connectivity index (χ3n) is 4.03. The van der Waals surface area contributed by atoms with E-state index in [1.54, 1.807) is 16.7 Å². The second kappa shape index (κ2) is 7.57. The highest BCUT2D eigenvalue weighted by Crippen LogP contribution is 2.22. The second-order valence-corrected chi connectivity index (χ2v) is 5.93. The largest absolute Gasteiger partial charge is 0.450 e. The van der Waals surface area contributed by atoms with Crippen molar-refractivity contribution in [2.45, 2.75) is 6.92 Å². The third kappa shape index (κ3) is 3.61. The van der Waals surface area contributed by atoms with Gasteiger partial charge in [0.1, 0.15) is 5.15 Å². The van der Waals surface area contributed by atoms with Crippen LogP contribution in [0.5, 0.6) is 0 Å². The Balaban J connectivity index is 1.69. The van der Waals surface area contributed by atoms with E-state index in [0.29, 0.717) is 38.3 Å². The first-order chi connectivity index (χ1) is 12.1. The van der Waals surface area contributed by atoms with Crippen molar-refractivity contribution < 1.29 is 14.3 Å². The van der Waals surface area contributed by atoms with Crippen LogP contribution < -0.4 is 0 Å². The van der Waals surface area contributed by atoms with Crippen LogP contribution in [0.2, 0.25) is 5.15 Å². The van der Waals surface area contributed by atoms with Gasteiger partial charge in [0, 0.05) is 26.2 Å². The van der Waals surface area contributed by atoms with Crippen LogP contribution in [0.3, 0.4) is 0 Å². The van der Waals surface area contributed by atoms with Gasteiger partial charge in [-0.3, -0.25) is 4.79 Å². The maximum absolute atomic E-state index is 12.7. The van der Waals surface area contributed by atoms with Crippen LogP contribution >= 0.6 is 11.6 Å². The van der Waals surface area contributed by atoms with Crippen LogP contribution in [-0.4, -0.2) is 64.4 Å². The highest BCUT2D eigenvalue weighted by molar-refractivity contribution is 6.33. The van der Waals surface area contributed by atoms with Crippen LogP contribution in [0.25, 0.3) is 5.69 Å². The molecule has 0 spiro atoms. The number of hydrogen-bond acceptors (Lipinski definition) is 4. The molecule has 1 aromatic heterocycles. The summed E-state index contributed by atoms with van der Waals surface area (Å²) in [5.74, 6) is -0.185. The Hall–Kier alpha value is -2.54. The standard InChI is InChI=1S/C17H19ClN4O3/c1-2-25-17(24)21-10-8-20(9-11-21)16(23)14-12-19-22(15(14)18)13-6-4-3-5-7-13/h3-7,12H,2,8-11H2,1H3. The number of carbonyl (C=O) groups is 2. The smallest absolute Gasteiger partial charge is 0.409 e. The van der Waals surface area contributed by atoms with E-state index < -0.39 is 0 Å². The average Bonchev–Trinajstić information content (AvgIpc) is 3.03. The number of benzene rings is 1. The number of hydrogen-bond donors (Lipinski definition) is 0. The molecule has 3 rings (SSSR count). The fourth-order valence-electron chi connectivity index (χ4n) is 2.70. The van der Waals surface area contributed by atoms with E-state index in [2.05, 4.69) is 5.10 Å². The van der Waals surface area contributed by atoms with Crippen molar-refractivity contribution in [3.63, 3.8) is 0 Å². The number of para-hydroxylation sites is 1. The first-order valence-corrected chi connectivity index (χ1v) is 8.49. The number of rotatable bonds is 3. The highest BCUT2D eigenvalue weighted by atomic mass is 35.5. The quantitative estimate of drug-likeness (QED) is 0.841. The van der Waals surface area contributed by atoms with Crippen molar-refractivity contribution in [2.75, 3.05) is 32.8 Å². The molecule has 2 amide bonds. The molecule has 1 saturated heterocycles. The zero-order valence-corrected chi connectivity index (χ0v) is 14.6. The Morgan fingerprint density at radius 2 is 1.76 bits per heavy atom. The molecule has 0 unspecified atom stereocenters. The predicted molar refractivity (Wildman–Crippen MR) is 93.1 cm³/mol. The summed E-state index contributed by atoms with van der Waals surface area (Å²) in [5.41, 5.74) is 1.15. The number of amides is 2. The van der Waals surface area contributed by atoms with E-state index in [9.17, 15) is 9.59 Å². The van der Waals surface area contributed by atoms with Gasteiger partial charge in [-0.05, 0) is 19.1 Å². The topological polar surface area (TPSA) is 67.7 Å². The maximum atomic E-state index is 12.7. The van der Waals surface area contributed by atoms with Crippen molar-refractivity contribution in [3.05, 3.63) is 47.2 Å². The molecular formula is C17H19ClN4O3. The van der Waals surface area contributed by atoms with Crippen LogP contribution in [0.4, 0.5) is 4.79 Å². The lowest BCUT2D eigenvalue weighted by atomic mass is 10.2. The Morgan fingerprint density at radius 1 is 1.12 bits per heavy atom. The van der Waals surface area contributed by atoms with Crippen molar-refractivity contribution in [1.82, 2.24) is 19.6 Å². The molecule has 1 aliphatic rings. The summed E-state index contributed by atoms with van der Waals surface area (Å²) in [6.45, 7) is 3.86. The monoisotopic (exact) mass is 362 g/mol. The van der Waals surface area contributed by atoms with Crippen LogP contribution in [0.1, 0.15) is 17.3 Å². The number of aromatic nitrogens is 2. The molecule has 0 radical (unpaired) electrons. The van der Waals surface area contributed by atoms with Gasteiger partial charge < -0.3 is 14.5 Å². The molecule has 8 heteroatoms. The van der Waals surface area contributed by atoms with Crippen molar-refractivity contribution in [3.8, 4) is 5.69 Å². The lowest BCUT2D eigenvalue weighted by Crippen LogP contribution is -2.50. The summed E-state index contributed by atoms with van der Waals surface area (Å²) in [6.07, 6.45) is 1.14. The minimum absolute atomic E-state index is 0.185. The minimum Gasteiger partial charge on any atom is -0.450 e. The molecule has 0 bridgehead atoms. The highest BCUT2D eigenvalue weighted by Gasteiger charge is 2.28. The van der Waals surface area contributed by atoms with Gasteiger partial charge >= 0.3 is 6.09 Å². The number of carbonyl (C=O) groups excluding carboxylic acids is 2. The summed E-state index contributed by atoms with van der Waals surface area (Å²) < 4.78 is 6.51. The first-order valence-electron chi connectivity index (χ1n) is 8.11. The Labute approximate surface area is 150 Å². The van der Waals surface area contributed by atoms with Gasteiger partial charge in [0.25, 0.3) is 5.91 Å². The molecule has 2 heterocycles. The van der Waals surface area contributed by atoms with E-state index >= 15 is 0 Å². The predicted octanol–water partition coefficient (Wildman–Crippen LogP) is 2.44. The SMILES string of the molecule is CCOC(=O)N1CCN(C(=O)c2cnn(-c3ccccc3)c2Cl)CC1. The molecule has 7 nitrogen and oxygen atoms in total. The molecular weight excluding hydrogens is 344 g/mol. The Kier molecular flexibility index (Phi) is 5.23. The van der Waals surface area contributed by atoms with E-state index in [0.717, 1.165) is 5.69 Å². The van der Waals surface area contributed by atoms with E-state index in [4.69, 9.17) is 16.3 Å². The van der Waals surface area contributed by atoms with Crippen LogP contribution in [-0.2, 0) is 4.74 Å². The van der Waals surface area contributed by atoms with Gasteiger partial charge in [-0.1, -0.05) is 29.8 Å². The summed E-state index contributed by atoms with van der Waals surface area (Å²) in [6, 6.07) is 9.39. The Morgan fingerprint density at radius 3 is 2.40 bits per heavy atom. The second-order valence-electron chi connectivity index (χ2n) is 5.57. The van der Waals surface area contributed by atoms with Crippen molar-refractivity contribution in [2.24, 2.45) is 0 Å². The number of nitrogens with zero attached hydrogens (tertiary/aromatic N) is 4. The van der Waals surface area contributed by atoms with Crippen molar-refractivity contribution in [1.29, 1.82) is 0 Å². The van der Waals surface area contributed by atoms with E-state index in [1.165, 1.54) is 10.9 Å². The van der Waals surface area contributed by atoms with Gasteiger partial charge in [0.05, 0.1) is 24.1 Å². The van der Waals surface area contributed by atoms with Gasteiger partial charge in [0.15, 0.2) is 0 Å². The fourth-order valence-corrected chi connectivity index (χ4v) is 2.97. The molecule has 1 fully saturated rings. The first kappa shape index (κ1) is 17.3. The fraction of sp³-hybridized carbons (Fsp3) is 0.353. The summed E-state index contributed by atoms with van der Waals surface area (Å²) in [7, 11) is 0. The van der Waals surface area contributed by atoms with Gasteiger partial charge in [-0.25, -0.2) is 9.48 Å². The average molecular weight is 363 g/mol. The van der Waals surface area contributed by atoms with Crippen molar-refractivity contribution >= 4 is 23.6 Å². The number of ether oxygens (including phenoxy) is 1. The molecule has 2 aromatic rings. The van der Waals surface area contributed by atoms with Crippen LogP contribution in [0, 0.1) is 0 Å². The van der Waals surface area contributed by atoms with Gasteiger partial charge in [-0.2, -0.15) is 5.10 Å². The van der Waals surface area contributed by atoms with Gasteiger partial charge in [-0.15, -0.1) is 0 Å². The molecule has 25 heavy (non-hydrogen) atoms. The normalized spacial score (nSPS) is 14.5. The molecule has 1 aliphatic heterocycles. The van der Waals surface area contributed by atoms with E-state index in [-0.39, 0.29) is 17.2 Å². The van der Waals surface area contributed by atoms with Gasteiger partial charge in [0.2, 0.25) is 0 Å². The number of piperazine rings is 1. The summed E-state index contributed by atoms with van der Waals surface area (Å²) in [4.78, 5) is 27.7. The van der Waals surface area contributed by atoms with E-state index in [1.807, 2.05) is 30.3 Å². The Bertz CT molecular complexity index is 755. The zero-order valence-electron chi connectivity index (χ0n) is 13.9. The number of halogens is 1. The molecule has 1 aromatic carbocycles. The molecule has 132 valence electrons. The minimum atomic E-state index is -0.343. The molecule has 0 atom stereocenters. The maximum Gasteiger partial charge on any atom is 0.409 e. The summed E-state index contributed by atoms with van der Waals surface area (Å²) in [5, 5.41) is 4.50. The third-order valence-corrected chi connectivity index (χ3v) is 4.40. The summed E-state index contributed by atoms with van der Waals surface area (Å²) >= 11 is 6.36. The molecule has 0 saturated carbocycles.